The number of benzene rings is 1. The zero-order valence-corrected chi connectivity index (χ0v) is 13.1. The molecule has 0 fully saturated rings. The topological polar surface area (TPSA) is 12.0 Å². The molecule has 0 amide bonds. The molecular formula is C19H29N. The van der Waals surface area contributed by atoms with Crippen LogP contribution in [-0.2, 0) is 0 Å². The van der Waals surface area contributed by atoms with E-state index in [0.717, 1.165) is 6.54 Å². The van der Waals surface area contributed by atoms with Gasteiger partial charge in [-0.2, -0.15) is 0 Å². The van der Waals surface area contributed by atoms with E-state index in [1.807, 2.05) is 0 Å². The van der Waals surface area contributed by atoms with Crippen molar-refractivity contribution in [2.75, 3.05) is 6.54 Å². The van der Waals surface area contributed by atoms with Gasteiger partial charge in [-0.1, -0.05) is 61.2 Å². The summed E-state index contributed by atoms with van der Waals surface area (Å²) in [5.74, 6) is 0. The van der Waals surface area contributed by atoms with Crippen LogP contribution < -0.4 is 5.32 Å². The summed E-state index contributed by atoms with van der Waals surface area (Å²) in [5, 5.41) is 3.75. The van der Waals surface area contributed by atoms with E-state index in [4.69, 9.17) is 0 Å². The third kappa shape index (κ3) is 4.49. The third-order valence-corrected chi connectivity index (χ3v) is 4.21. The lowest BCUT2D eigenvalue weighted by Crippen LogP contribution is -2.24. The van der Waals surface area contributed by atoms with Gasteiger partial charge in [0, 0.05) is 0 Å². The van der Waals surface area contributed by atoms with Crippen LogP contribution in [0.5, 0.6) is 0 Å². The molecule has 0 saturated carbocycles. The Kier molecular flexibility index (Phi) is 6.32. The summed E-state index contributed by atoms with van der Waals surface area (Å²) in [6, 6.07) is 9.48. The van der Waals surface area contributed by atoms with Gasteiger partial charge in [-0.05, 0) is 51.1 Å². The van der Waals surface area contributed by atoms with Crippen molar-refractivity contribution in [1.82, 2.24) is 5.32 Å². The molecule has 2 rings (SSSR count). The molecule has 1 N–H and O–H groups in total. The highest BCUT2D eigenvalue weighted by Gasteiger charge is 2.16. The number of allylic oxidation sites excluding steroid dienone is 1. The maximum absolute atomic E-state index is 3.75. The number of aryl methyl sites for hydroxylation is 1. The molecule has 1 aliphatic carbocycles. The predicted octanol–water partition coefficient (Wildman–Crippen LogP) is 5.32. The molecule has 0 spiro atoms. The van der Waals surface area contributed by atoms with Crippen molar-refractivity contribution in [3.8, 4) is 0 Å². The molecule has 1 aliphatic rings. The summed E-state index contributed by atoms with van der Waals surface area (Å²) < 4.78 is 0. The Hall–Kier alpha value is -1.08. The van der Waals surface area contributed by atoms with Crippen LogP contribution in [-0.4, -0.2) is 6.54 Å². The lowest BCUT2D eigenvalue weighted by atomic mass is 9.90. The van der Waals surface area contributed by atoms with Crippen LogP contribution in [0.2, 0.25) is 0 Å². The lowest BCUT2D eigenvalue weighted by Gasteiger charge is -2.24. The Bertz CT molecular complexity index is 416. The largest absolute Gasteiger partial charge is 0.307 e. The highest BCUT2D eigenvalue weighted by molar-refractivity contribution is 5.31. The van der Waals surface area contributed by atoms with E-state index < -0.39 is 0 Å². The number of hydrogen-bond donors (Lipinski definition) is 1. The first-order valence-corrected chi connectivity index (χ1v) is 8.30. The Morgan fingerprint density at radius 1 is 1.05 bits per heavy atom. The number of hydrogen-bond acceptors (Lipinski definition) is 1. The van der Waals surface area contributed by atoms with E-state index in [1.54, 1.807) is 5.57 Å². The van der Waals surface area contributed by atoms with Gasteiger partial charge in [0.05, 0.1) is 6.04 Å². The van der Waals surface area contributed by atoms with Crippen LogP contribution >= 0.6 is 0 Å². The smallest absolute Gasteiger partial charge is 0.0536 e. The van der Waals surface area contributed by atoms with Gasteiger partial charge < -0.3 is 5.32 Å². The van der Waals surface area contributed by atoms with Crippen LogP contribution in [0.15, 0.2) is 35.9 Å². The van der Waals surface area contributed by atoms with Gasteiger partial charge in [0.1, 0.15) is 0 Å². The Morgan fingerprint density at radius 3 is 2.55 bits per heavy atom. The molecule has 1 unspecified atom stereocenters. The van der Waals surface area contributed by atoms with E-state index in [1.165, 1.54) is 56.1 Å². The van der Waals surface area contributed by atoms with Crippen molar-refractivity contribution in [2.24, 2.45) is 0 Å². The molecular weight excluding hydrogens is 242 g/mol. The molecule has 0 saturated heterocycles. The number of rotatable bonds is 5. The third-order valence-electron chi connectivity index (χ3n) is 4.21. The first-order chi connectivity index (χ1) is 9.81. The SMILES string of the molecule is CCCNC(/C1=C/CCCCCC1)c1ccc(C)cc1. The Morgan fingerprint density at radius 2 is 1.80 bits per heavy atom. The summed E-state index contributed by atoms with van der Waals surface area (Å²) in [6.45, 7) is 5.49. The van der Waals surface area contributed by atoms with Gasteiger partial charge in [-0.25, -0.2) is 0 Å². The van der Waals surface area contributed by atoms with Crippen LogP contribution in [0.25, 0.3) is 0 Å². The van der Waals surface area contributed by atoms with Crippen LogP contribution in [0, 0.1) is 6.92 Å². The monoisotopic (exact) mass is 271 g/mol. The fourth-order valence-electron chi connectivity index (χ4n) is 2.99. The molecule has 0 radical (unpaired) electrons. The minimum atomic E-state index is 0.425. The molecule has 1 aromatic rings. The second-order valence-corrected chi connectivity index (χ2v) is 6.03. The van der Waals surface area contributed by atoms with Crippen molar-refractivity contribution < 1.29 is 0 Å². The molecule has 0 bridgehead atoms. The molecule has 20 heavy (non-hydrogen) atoms. The van der Waals surface area contributed by atoms with Gasteiger partial charge in [0.25, 0.3) is 0 Å². The average Bonchev–Trinajstić information content (AvgIpc) is 2.42. The second kappa shape index (κ2) is 8.26. The van der Waals surface area contributed by atoms with Gasteiger partial charge in [-0.3, -0.25) is 0 Å². The minimum absolute atomic E-state index is 0.425. The van der Waals surface area contributed by atoms with Crippen molar-refractivity contribution in [3.63, 3.8) is 0 Å². The van der Waals surface area contributed by atoms with Crippen molar-refractivity contribution in [1.29, 1.82) is 0 Å². The van der Waals surface area contributed by atoms with Crippen molar-refractivity contribution >= 4 is 0 Å². The zero-order chi connectivity index (χ0) is 14.2. The van der Waals surface area contributed by atoms with E-state index in [0.29, 0.717) is 6.04 Å². The molecule has 110 valence electrons. The van der Waals surface area contributed by atoms with Crippen LogP contribution in [0.1, 0.15) is 69.0 Å². The highest BCUT2D eigenvalue weighted by atomic mass is 14.9. The number of nitrogens with one attached hydrogen (secondary N) is 1. The van der Waals surface area contributed by atoms with Gasteiger partial charge in [0.15, 0.2) is 0 Å². The first-order valence-electron chi connectivity index (χ1n) is 8.30. The van der Waals surface area contributed by atoms with E-state index in [-0.39, 0.29) is 0 Å². The predicted molar refractivity (Wildman–Crippen MR) is 88.0 cm³/mol. The summed E-state index contributed by atoms with van der Waals surface area (Å²) in [4.78, 5) is 0. The van der Waals surface area contributed by atoms with E-state index in [9.17, 15) is 0 Å². The summed E-state index contributed by atoms with van der Waals surface area (Å²) in [6.07, 6.45) is 11.7. The van der Waals surface area contributed by atoms with E-state index in [2.05, 4.69) is 49.5 Å². The van der Waals surface area contributed by atoms with Gasteiger partial charge in [-0.15, -0.1) is 0 Å². The molecule has 1 atom stereocenters. The lowest BCUT2D eigenvalue weighted by molar-refractivity contribution is 0.540. The molecule has 0 aromatic heterocycles. The standard InChI is InChI=1S/C19H29N/c1-3-15-20-19(18-13-11-16(2)12-14-18)17-9-7-5-4-6-8-10-17/h9,11-14,19-20H,3-8,10,15H2,1-2H3/b17-9+. The maximum atomic E-state index is 3.75. The minimum Gasteiger partial charge on any atom is -0.307 e. The van der Waals surface area contributed by atoms with Crippen molar-refractivity contribution in [3.05, 3.63) is 47.0 Å². The van der Waals surface area contributed by atoms with Gasteiger partial charge in [0.2, 0.25) is 0 Å². The average molecular weight is 271 g/mol. The summed E-state index contributed by atoms with van der Waals surface area (Å²) >= 11 is 0. The quantitative estimate of drug-likeness (QED) is 0.715. The zero-order valence-electron chi connectivity index (χ0n) is 13.1. The van der Waals surface area contributed by atoms with E-state index >= 15 is 0 Å². The molecule has 1 nitrogen and oxygen atoms in total. The molecule has 0 aliphatic heterocycles. The maximum Gasteiger partial charge on any atom is 0.0536 e. The Labute approximate surface area is 124 Å². The molecule has 0 heterocycles. The van der Waals surface area contributed by atoms with Crippen LogP contribution in [0.3, 0.4) is 0 Å². The fourth-order valence-corrected chi connectivity index (χ4v) is 2.99. The van der Waals surface area contributed by atoms with Gasteiger partial charge >= 0.3 is 0 Å². The summed E-state index contributed by atoms with van der Waals surface area (Å²) in [5.41, 5.74) is 4.38. The molecule has 1 heteroatoms. The second-order valence-electron chi connectivity index (χ2n) is 6.03. The fraction of sp³-hybridized carbons (Fsp3) is 0.579. The highest BCUT2D eigenvalue weighted by Crippen LogP contribution is 2.29. The van der Waals surface area contributed by atoms with Crippen molar-refractivity contribution in [2.45, 2.75) is 64.8 Å². The van der Waals surface area contributed by atoms with Crippen LogP contribution in [0.4, 0.5) is 0 Å². The first kappa shape index (κ1) is 15.3. The summed E-state index contributed by atoms with van der Waals surface area (Å²) in [7, 11) is 0. The molecule has 1 aromatic carbocycles. The normalized spacial score (nSPS) is 20.6. The Balaban J connectivity index is 2.18.